The molecule has 5 nitrogen and oxygen atoms in total. The van der Waals surface area contributed by atoms with Gasteiger partial charge in [-0.2, -0.15) is 0 Å². The summed E-state index contributed by atoms with van der Waals surface area (Å²) in [4.78, 5) is 22.9. The molecule has 0 aromatic heterocycles. The van der Waals surface area contributed by atoms with Gasteiger partial charge in [-0.1, -0.05) is 25.6 Å². The van der Waals surface area contributed by atoms with Crippen molar-refractivity contribution in [2.75, 3.05) is 6.54 Å². The first-order valence-electron chi connectivity index (χ1n) is 5.17. The lowest BCUT2D eigenvalue weighted by Crippen LogP contribution is -2.50. The minimum atomic E-state index is -0.711. The summed E-state index contributed by atoms with van der Waals surface area (Å²) in [5, 5.41) is 4.98. The summed E-state index contributed by atoms with van der Waals surface area (Å²) >= 11 is 4.58. The molecule has 0 aromatic carbocycles. The van der Waals surface area contributed by atoms with Gasteiger partial charge in [0.15, 0.2) is 0 Å². The first kappa shape index (κ1) is 14.8. The molecule has 0 unspecified atom stereocenters. The molecule has 0 bridgehead atoms. The number of nitrogens with one attached hydrogen (secondary N) is 2. The second-order valence-electron chi connectivity index (χ2n) is 4.24. The van der Waals surface area contributed by atoms with Crippen molar-refractivity contribution < 1.29 is 9.59 Å². The van der Waals surface area contributed by atoms with Crippen molar-refractivity contribution in [2.24, 2.45) is 5.73 Å². The Hall–Kier alpha value is -1.17. The van der Waals surface area contributed by atoms with E-state index in [1.807, 2.05) is 20.8 Å². The Morgan fingerprint density at radius 2 is 1.88 bits per heavy atom. The molecule has 0 aromatic rings. The van der Waals surface area contributed by atoms with E-state index in [0.29, 0.717) is 0 Å². The minimum absolute atomic E-state index is 0.0375. The smallest absolute Gasteiger partial charge is 0.309 e. The Bertz CT molecular complexity index is 290. The normalized spacial score (nSPS) is 10.7. The highest BCUT2D eigenvalue weighted by molar-refractivity contribution is 7.80. The Morgan fingerprint density at radius 1 is 1.31 bits per heavy atom. The van der Waals surface area contributed by atoms with Crippen LogP contribution in [0.1, 0.15) is 33.6 Å². The highest BCUT2D eigenvalue weighted by Crippen LogP contribution is 2.09. The standard InChI is InChI=1S/C10H19N3O2S/c1-4-5-10(2,3)13-9(15)8(14)12-6-7(11)16/h4-6H2,1-3H3,(H2,11,16)(H,12,14)(H,13,15). The van der Waals surface area contributed by atoms with Crippen molar-refractivity contribution >= 4 is 29.0 Å². The molecule has 0 fully saturated rings. The fourth-order valence-electron chi connectivity index (χ4n) is 1.30. The zero-order valence-electron chi connectivity index (χ0n) is 9.92. The van der Waals surface area contributed by atoms with Crippen molar-refractivity contribution in [3.8, 4) is 0 Å². The molecule has 4 N–H and O–H groups in total. The topological polar surface area (TPSA) is 84.2 Å². The average Bonchev–Trinajstić information content (AvgIpc) is 2.12. The Labute approximate surface area is 101 Å². The van der Waals surface area contributed by atoms with E-state index in [2.05, 4.69) is 22.9 Å². The Balaban J connectivity index is 4.14. The zero-order valence-corrected chi connectivity index (χ0v) is 10.7. The van der Waals surface area contributed by atoms with Crippen LogP contribution in [0.2, 0.25) is 0 Å². The van der Waals surface area contributed by atoms with Crippen LogP contribution in [0.5, 0.6) is 0 Å². The Morgan fingerprint density at radius 3 is 2.31 bits per heavy atom. The van der Waals surface area contributed by atoms with Gasteiger partial charge < -0.3 is 16.4 Å². The van der Waals surface area contributed by atoms with Gasteiger partial charge in [-0.05, 0) is 20.3 Å². The highest BCUT2D eigenvalue weighted by atomic mass is 32.1. The third kappa shape index (κ3) is 6.34. The van der Waals surface area contributed by atoms with E-state index in [0.717, 1.165) is 12.8 Å². The highest BCUT2D eigenvalue weighted by Gasteiger charge is 2.23. The second kappa shape index (κ2) is 6.42. The molecule has 0 atom stereocenters. The Kier molecular flexibility index (Phi) is 5.95. The fourth-order valence-corrected chi connectivity index (χ4v) is 1.37. The molecular weight excluding hydrogens is 226 g/mol. The molecule has 6 heteroatoms. The lowest BCUT2D eigenvalue weighted by atomic mass is 9.99. The largest absolute Gasteiger partial charge is 0.392 e. The first-order valence-corrected chi connectivity index (χ1v) is 5.58. The van der Waals surface area contributed by atoms with Crippen molar-refractivity contribution in [1.29, 1.82) is 0 Å². The maximum atomic E-state index is 11.4. The summed E-state index contributed by atoms with van der Waals surface area (Å²) in [6.07, 6.45) is 1.74. The van der Waals surface area contributed by atoms with Crippen molar-refractivity contribution in [1.82, 2.24) is 10.6 Å². The molecule has 92 valence electrons. The van der Waals surface area contributed by atoms with Crippen molar-refractivity contribution in [3.05, 3.63) is 0 Å². The SMILES string of the molecule is CCCC(C)(C)NC(=O)C(=O)NCC(N)=S. The molecule has 0 heterocycles. The van der Waals surface area contributed by atoms with E-state index in [1.165, 1.54) is 0 Å². The van der Waals surface area contributed by atoms with Gasteiger partial charge in [0, 0.05) is 5.54 Å². The third-order valence-corrected chi connectivity index (χ3v) is 2.10. The molecule has 0 saturated carbocycles. The third-order valence-electron chi connectivity index (χ3n) is 1.96. The van der Waals surface area contributed by atoms with Crippen LogP contribution in [0.3, 0.4) is 0 Å². The molecule has 0 rings (SSSR count). The quantitative estimate of drug-likeness (QED) is 0.473. The van der Waals surface area contributed by atoms with E-state index < -0.39 is 11.8 Å². The fraction of sp³-hybridized carbons (Fsp3) is 0.700. The van der Waals surface area contributed by atoms with Crippen LogP contribution in [0.25, 0.3) is 0 Å². The molecule has 16 heavy (non-hydrogen) atoms. The van der Waals surface area contributed by atoms with E-state index in [9.17, 15) is 9.59 Å². The number of rotatable bonds is 5. The van der Waals surface area contributed by atoms with E-state index in [4.69, 9.17) is 5.73 Å². The number of thiocarbonyl (C=S) groups is 1. The maximum absolute atomic E-state index is 11.4. The van der Waals surface area contributed by atoms with Gasteiger partial charge in [0.2, 0.25) is 0 Å². The number of carbonyl (C=O) groups excluding carboxylic acids is 2. The van der Waals surface area contributed by atoms with Gasteiger partial charge in [-0.3, -0.25) is 9.59 Å². The van der Waals surface area contributed by atoms with E-state index >= 15 is 0 Å². The molecule has 0 aliphatic rings. The molecule has 0 aliphatic carbocycles. The van der Waals surface area contributed by atoms with Crippen molar-refractivity contribution in [3.63, 3.8) is 0 Å². The zero-order chi connectivity index (χ0) is 12.8. The van der Waals surface area contributed by atoms with Crippen molar-refractivity contribution in [2.45, 2.75) is 39.2 Å². The average molecular weight is 245 g/mol. The lowest BCUT2D eigenvalue weighted by molar-refractivity contribution is -0.140. The molecular formula is C10H19N3O2S. The number of hydrogen-bond acceptors (Lipinski definition) is 3. The van der Waals surface area contributed by atoms with Gasteiger partial charge >= 0.3 is 11.8 Å². The van der Waals surface area contributed by atoms with Crippen LogP contribution < -0.4 is 16.4 Å². The number of carbonyl (C=O) groups is 2. The van der Waals surface area contributed by atoms with E-state index in [-0.39, 0.29) is 17.1 Å². The van der Waals surface area contributed by atoms with Gasteiger partial charge in [0.05, 0.1) is 11.5 Å². The van der Waals surface area contributed by atoms with Gasteiger partial charge in [-0.25, -0.2) is 0 Å². The molecule has 0 aliphatic heterocycles. The number of hydrogen-bond donors (Lipinski definition) is 3. The summed E-state index contributed by atoms with van der Waals surface area (Å²) in [5.74, 6) is -1.37. The first-order chi connectivity index (χ1) is 7.28. The second-order valence-corrected chi connectivity index (χ2v) is 4.76. The summed E-state index contributed by atoms with van der Waals surface area (Å²) in [6, 6.07) is 0. The number of amides is 2. The van der Waals surface area contributed by atoms with Gasteiger partial charge in [0.1, 0.15) is 0 Å². The monoisotopic (exact) mass is 245 g/mol. The van der Waals surface area contributed by atoms with Gasteiger partial charge in [0.25, 0.3) is 0 Å². The minimum Gasteiger partial charge on any atom is -0.392 e. The summed E-state index contributed by atoms with van der Waals surface area (Å²) in [5.41, 5.74) is 4.82. The van der Waals surface area contributed by atoms with Crippen LogP contribution in [0.4, 0.5) is 0 Å². The molecule has 0 spiro atoms. The lowest BCUT2D eigenvalue weighted by Gasteiger charge is -2.25. The van der Waals surface area contributed by atoms with Crippen LogP contribution in [0, 0.1) is 0 Å². The molecule has 0 radical (unpaired) electrons. The maximum Gasteiger partial charge on any atom is 0.309 e. The molecule has 0 saturated heterocycles. The van der Waals surface area contributed by atoms with Crippen LogP contribution >= 0.6 is 12.2 Å². The predicted molar refractivity (Wildman–Crippen MR) is 66.9 cm³/mol. The summed E-state index contributed by atoms with van der Waals surface area (Å²) in [6.45, 7) is 5.79. The van der Waals surface area contributed by atoms with Crippen LogP contribution in [0.15, 0.2) is 0 Å². The van der Waals surface area contributed by atoms with E-state index in [1.54, 1.807) is 0 Å². The molecule has 2 amide bonds. The summed E-state index contributed by atoms with van der Waals surface area (Å²) in [7, 11) is 0. The van der Waals surface area contributed by atoms with Crippen LogP contribution in [-0.4, -0.2) is 28.9 Å². The number of nitrogens with two attached hydrogens (primary N) is 1. The van der Waals surface area contributed by atoms with Crippen LogP contribution in [-0.2, 0) is 9.59 Å². The van der Waals surface area contributed by atoms with Gasteiger partial charge in [-0.15, -0.1) is 0 Å². The predicted octanol–water partition coefficient (Wildman–Crippen LogP) is 0.0836. The summed E-state index contributed by atoms with van der Waals surface area (Å²) < 4.78 is 0.